The van der Waals surface area contributed by atoms with Crippen molar-refractivity contribution in [3.63, 3.8) is 0 Å². The molecular formula is C14H14FNO2S. The zero-order valence-corrected chi connectivity index (χ0v) is 11.8. The molecule has 0 fully saturated rings. The Bertz CT molecular complexity index is 584. The van der Waals surface area contributed by atoms with Crippen LogP contribution in [0.25, 0.3) is 11.3 Å². The van der Waals surface area contributed by atoms with Crippen LogP contribution < -0.4 is 0 Å². The third kappa shape index (κ3) is 3.61. The van der Waals surface area contributed by atoms with Crippen molar-refractivity contribution in [2.75, 3.05) is 0 Å². The van der Waals surface area contributed by atoms with Gasteiger partial charge in [0, 0.05) is 5.56 Å². The number of halogens is 1. The molecule has 2 aromatic rings. The highest BCUT2D eigenvalue weighted by molar-refractivity contribution is 7.08. The van der Waals surface area contributed by atoms with E-state index < -0.39 is 11.6 Å². The first kappa shape index (κ1) is 13.7. The van der Waals surface area contributed by atoms with E-state index in [-0.39, 0.29) is 5.82 Å². The highest BCUT2D eigenvalue weighted by Crippen LogP contribution is 2.23. The number of benzene rings is 1. The Labute approximate surface area is 115 Å². The number of ether oxygens (including phenoxy) is 1. The summed E-state index contributed by atoms with van der Waals surface area (Å²) in [6.45, 7) is 5.44. The first-order chi connectivity index (χ1) is 8.85. The number of esters is 1. The van der Waals surface area contributed by atoms with E-state index >= 15 is 0 Å². The highest BCUT2D eigenvalue weighted by Gasteiger charge is 2.20. The molecule has 5 heteroatoms. The summed E-state index contributed by atoms with van der Waals surface area (Å²) in [4.78, 5) is 12.3. The summed E-state index contributed by atoms with van der Waals surface area (Å²) < 4.78 is 22.3. The van der Waals surface area contributed by atoms with Crippen LogP contribution in [0.1, 0.15) is 30.4 Å². The number of carbonyl (C=O) groups is 1. The highest BCUT2D eigenvalue weighted by atomic mass is 32.1. The molecule has 0 atom stereocenters. The van der Waals surface area contributed by atoms with Crippen molar-refractivity contribution in [1.29, 1.82) is 0 Å². The lowest BCUT2D eigenvalue weighted by molar-refractivity contribution is 0.00752. The fourth-order valence-corrected chi connectivity index (χ4v) is 2.09. The maximum atomic E-state index is 12.8. The third-order valence-electron chi connectivity index (χ3n) is 2.25. The average molecular weight is 279 g/mol. The second kappa shape index (κ2) is 5.09. The van der Waals surface area contributed by atoms with E-state index in [9.17, 15) is 9.18 Å². The molecule has 0 saturated carbocycles. The summed E-state index contributed by atoms with van der Waals surface area (Å²) in [5, 5.41) is 0. The maximum absolute atomic E-state index is 12.8. The Kier molecular flexibility index (Phi) is 3.66. The van der Waals surface area contributed by atoms with Crippen LogP contribution in [0.2, 0.25) is 0 Å². The van der Waals surface area contributed by atoms with Gasteiger partial charge < -0.3 is 4.74 Å². The Balaban J connectivity index is 2.19. The minimum absolute atomic E-state index is 0.300. The molecule has 1 heterocycles. The van der Waals surface area contributed by atoms with Crippen molar-refractivity contribution in [3.05, 3.63) is 41.0 Å². The first-order valence-electron chi connectivity index (χ1n) is 5.81. The van der Waals surface area contributed by atoms with Gasteiger partial charge in [-0.1, -0.05) is 0 Å². The first-order valence-corrected chi connectivity index (χ1v) is 6.58. The van der Waals surface area contributed by atoms with Gasteiger partial charge in [-0.15, -0.1) is 0 Å². The monoisotopic (exact) mass is 279 g/mol. The Morgan fingerprint density at radius 1 is 1.26 bits per heavy atom. The maximum Gasteiger partial charge on any atom is 0.350 e. The van der Waals surface area contributed by atoms with E-state index in [2.05, 4.69) is 4.37 Å². The second-order valence-electron chi connectivity index (χ2n) is 5.09. The van der Waals surface area contributed by atoms with Gasteiger partial charge in [-0.2, -0.15) is 4.37 Å². The van der Waals surface area contributed by atoms with Crippen LogP contribution >= 0.6 is 11.5 Å². The molecule has 1 aromatic carbocycles. The van der Waals surface area contributed by atoms with Crippen molar-refractivity contribution in [2.24, 2.45) is 0 Å². The molecule has 1 aromatic heterocycles. The number of carbonyl (C=O) groups excluding carboxylic acids is 1. The van der Waals surface area contributed by atoms with Gasteiger partial charge in [0.1, 0.15) is 16.3 Å². The number of aromatic nitrogens is 1. The zero-order chi connectivity index (χ0) is 14.0. The van der Waals surface area contributed by atoms with Gasteiger partial charge in [0.2, 0.25) is 0 Å². The predicted octanol–water partition coefficient (Wildman–Crippen LogP) is 3.90. The van der Waals surface area contributed by atoms with Gasteiger partial charge in [0.05, 0.1) is 5.69 Å². The smallest absolute Gasteiger partial charge is 0.350 e. The predicted molar refractivity (Wildman–Crippen MR) is 72.7 cm³/mol. The fourth-order valence-electron chi connectivity index (χ4n) is 1.46. The van der Waals surface area contributed by atoms with Crippen molar-refractivity contribution in [1.82, 2.24) is 4.37 Å². The topological polar surface area (TPSA) is 39.2 Å². The van der Waals surface area contributed by atoms with Gasteiger partial charge in [0.25, 0.3) is 0 Å². The van der Waals surface area contributed by atoms with Gasteiger partial charge in [-0.05, 0) is 62.6 Å². The summed E-state index contributed by atoms with van der Waals surface area (Å²) >= 11 is 1.08. The van der Waals surface area contributed by atoms with E-state index in [1.54, 1.807) is 18.2 Å². The average Bonchev–Trinajstić information content (AvgIpc) is 2.77. The van der Waals surface area contributed by atoms with Gasteiger partial charge in [-0.25, -0.2) is 9.18 Å². The number of rotatable bonds is 2. The second-order valence-corrected chi connectivity index (χ2v) is 5.89. The van der Waals surface area contributed by atoms with Crippen molar-refractivity contribution >= 4 is 17.5 Å². The van der Waals surface area contributed by atoms with Crippen LogP contribution in [0.5, 0.6) is 0 Å². The molecule has 100 valence electrons. The van der Waals surface area contributed by atoms with Crippen LogP contribution in [0, 0.1) is 5.82 Å². The molecule has 0 aliphatic rings. The van der Waals surface area contributed by atoms with Crippen molar-refractivity contribution in [3.8, 4) is 11.3 Å². The summed E-state index contributed by atoms with van der Waals surface area (Å²) in [5.41, 5.74) is 0.884. The molecule has 0 aliphatic carbocycles. The van der Waals surface area contributed by atoms with Crippen molar-refractivity contribution in [2.45, 2.75) is 26.4 Å². The van der Waals surface area contributed by atoms with Crippen molar-refractivity contribution < 1.29 is 13.9 Å². The molecular weight excluding hydrogens is 265 g/mol. The lowest BCUT2D eigenvalue weighted by atomic mass is 10.1. The van der Waals surface area contributed by atoms with Gasteiger partial charge in [-0.3, -0.25) is 0 Å². The van der Waals surface area contributed by atoms with Crippen LogP contribution in [0.3, 0.4) is 0 Å². The van der Waals surface area contributed by atoms with E-state index in [1.807, 2.05) is 20.8 Å². The molecule has 0 bridgehead atoms. The van der Waals surface area contributed by atoms with Crippen LogP contribution in [0.4, 0.5) is 4.39 Å². The van der Waals surface area contributed by atoms with E-state index in [1.165, 1.54) is 12.1 Å². The van der Waals surface area contributed by atoms with Crippen LogP contribution in [-0.2, 0) is 4.74 Å². The minimum atomic E-state index is -0.531. The number of hydrogen-bond acceptors (Lipinski definition) is 4. The summed E-state index contributed by atoms with van der Waals surface area (Å²) in [6, 6.07) is 7.64. The molecule has 0 N–H and O–H groups in total. The van der Waals surface area contributed by atoms with Gasteiger partial charge in [0.15, 0.2) is 0 Å². The molecule has 0 spiro atoms. The lowest BCUT2D eigenvalue weighted by Crippen LogP contribution is -2.23. The number of nitrogens with zero attached hydrogens (tertiary/aromatic N) is 1. The lowest BCUT2D eigenvalue weighted by Gasteiger charge is -2.18. The Morgan fingerprint density at radius 3 is 2.47 bits per heavy atom. The van der Waals surface area contributed by atoms with E-state index in [0.29, 0.717) is 10.6 Å². The molecule has 0 radical (unpaired) electrons. The zero-order valence-electron chi connectivity index (χ0n) is 10.9. The Morgan fingerprint density at radius 2 is 1.89 bits per heavy atom. The molecule has 0 unspecified atom stereocenters. The quantitative estimate of drug-likeness (QED) is 0.782. The standard InChI is InChI=1S/C14H14FNO2S/c1-14(2,3)18-13(17)12-8-11(16-19-12)9-4-6-10(15)7-5-9/h4-8H,1-3H3. The van der Waals surface area contributed by atoms with E-state index in [0.717, 1.165) is 17.1 Å². The minimum Gasteiger partial charge on any atom is -0.456 e. The normalized spacial score (nSPS) is 11.4. The molecule has 3 nitrogen and oxygen atoms in total. The van der Waals surface area contributed by atoms with E-state index in [4.69, 9.17) is 4.74 Å². The molecule has 19 heavy (non-hydrogen) atoms. The molecule has 0 aliphatic heterocycles. The number of hydrogen-bond donors (Lipinski definition) is 0. The van der Waals surface area contributed by atoms with Crippen LogP contribution in [0.15, 0.2) is 30.3 Å². The van der Waals surface area contributed by atoms with Crippen LogP contribution in [-0.4, -0.2) is 15.9 Å². The largest absolute Gasteiger partial charge is 0.456 e. The fraction of sp³-hybridized carbons (Fsp3) is 0.286. The summed E-state index contributed by atoms with van der Waals surface area (Å²) in [7, 11) is 0. The molecule has 2 rings (SSSR count). The molecule has 0 saturated heterocycles. The Hall–Kier alpha value is -1.75. The third-order valence-corrected chi connectivity index (χ3v) is 3.02. The molecule has 0 amide bonds. The summed E-state index contributed by atoms with van der Waals surface area (Å²) in [5.74, 6) is -0.690. The SMILES string of the molecule is CC(C)(C)OC(=O)c1cc(-c2ccc(F)cc2)ns1. The van der Waals surface area contributed by atoms with Gasteiger partial charge >= 0.3 is 5.97 Å². The summed E-state index contributed by atoms with van der Waals surface area (Å²) in [6.07, 6.45) is 0.